The summed E-state index contributed by atoms with van der Waals surface area (Å²) in [5.41, 5.74) is 3.71. The van der Waals surface area contributed by atoms with E-state index in [9.17, 15) is 18.0 Å². The Morgan fingerprint density at radius 1 is 1.14 bits per heavy atom. The standard InChI is InChI=1S/C24H24ClFN6O3S/c1-14-5-7-18(8-6-14)36(34,35)32-13-20(19-9-15(25)11-28-24(19)32)22-27-12-21(26)23(30-22)29-16-3-2-4-17(10-16)31-33/h5-9,11-13,16-17,31,33H,2-4,10H2,1H3,(H,27,29,30)/t16-,17-/m1/s1. The van der Waals surface area contributed by atoms with E-state index in [-0.39, 0.29) is 34.3 Å². The number of nitrogens with one attached hydrogen (secondary N) is 2. The van der Waals surface area contributed by atoms with E-state index < -0.39 is 15.8 Å². The number of rotatable bonds is 6. The Balaban J connectivity index is 1.59. The molecule has 0 spiro atoms. The van der Waals surface area contributed by atoms with Gasteiger partial charge in [0.2, 0.25) is 0 Å². The molecule has 4 aromatic rings. The van der Waals surface area contributed by atoms with E-state index in [1.54, 1.807) is 18.2 Å². The van der Waals surface area contributed by atoms with E-state index in [4.69, 9.17) is 11.6 Å². The average molecular weight is 531 g/mol. The normalized spacial score (nSPS) is 18.4. The Kier molecular flexibility index (Phi) is 6.64. The molecule has 188 valence electrons. The third-order valence-corrected chi connectivity index (χ3v) is 8.21. The Morgan fingerprint density at radius 2 is 1.89 bits per heavy atom. The molecule has 3 aromatic heterocycles. The number of aryl methyl sites for hydroxylation is 1. The zero-order valence-electron chi connectivity index (χ0n) is 19.3. The molecule has 9 nitrogen and oxygen atoms in total. The summed E-state index contributed by atoms with van der Waals surface area (Å²) in [4.78, 5) is 12.9. The molecule has 1 fully saturated rings. The minimum Gasteiger partial charge on any atom is -0.365 e. The summed E-state index contributed by atoms with van der Waals surface area (Å²) >= 11 is 6.19. The van der Waals surface area contributed by atoms with Crippen molar-refractivity contribution in [3.05, 3.63) is 65.3 Å². The van der Waals surface area contributed by atoms with Crippen molar-refractivity contribution in [1.82, 2.24) is 24.4 Å². The molecule has 0 radical (unpaired) electrons. The van der Waals surface area contributed by atoms with Gasteiger partial charge in [0, 0.05) is 35.4 Å². The third kappa shape index (κ3) is 4.66. The molecule has 0 saturated heterocycles. The van der Waals surface area contributed by atoms with Gasteiger partial charge in [-0.05, 0) is 50.8 Å². The highest BCUT2D eigenvalue weighted by Gasteiger charge is 2.26. The summed E-state index contributed by atoms with van der Waals surface area (Å²) in [6.07, 6.45) is 6.88. The molecule has 5 rings (SSSR count). The fourth-order valence-corrected chi connectivity index (χ4v) is 5.95. The van der Waals surface area contributed by atoms with Crippen molar-refractivity contribution in [2.75, 3.05) is 5.32 Å². The molecule has 3 heterocycles. The molecular weight excluding hydrogens is 507 g/mol. The van der Waals surface area contributed by atoms with Crippen molar-refractivity contribution < 1.29 is 18.0 Å². The summed E-state index contributed by atoms with van der Waals surface area (Å²) < 4.78 is 42.7. The molecule has 12 heteroatoms. The Hall–Kier alpha value is -3.12. The van der Waals surface area contributed by atoms with Crippen LogP contribution in [0.2, 0.25) is 5.02 Å². The van der Waals surface area contributed by atoms with Crippen LogP contribution >= 0.6 is 11.6 Å². The van der Waals surface area contributed by atoms with E-state index in [0.29, 0.717) is 22.4 Å². The number of hydrogen-bond donors (Lipinski definition) is 3. The lowest BCUT2D eigenvalue weighted by atomic mass is 9.91. The van der Waals surface area contributed by atoms with Crippen molar-refractivity contribution in [3.8, 4) is 11.4 Å². The first-order valence-corrected chi connectivity index (χ1v) is 13.3. The molecule has 1 saturated carbocycles. The zero-order chi connectivity index (χ0) is 25.4. The number of nitrogens with zero attached hydrogens (tertiary/aromatic N) is 4. The molecule has 1 aliphatic rings. The number of pyridine rings is 1. The SMILES string of the molecule is Cc1ccc(S(=O)(=O)n2cc(-c3ncc(F)c(N[C@@H]4CCC[C@@H](NO)C4)n3)c3cc(Cl)cnc32)cc1. The first-order chi connectivity index (χ1) is 17.3. The van der Waals surface area contributed by atoms with Crippen LogP contribution < -0.4 is 10.8 Å². The van der Waals surface area contributed by atoms with Crippen LogP contribution in [0.15, 0.2) is 53.8 Å². The number of halogens is 2. The lowest BCUT2D eigenvalue weighted by Gasteiger charge is -2.29. The van der Waals surface area contributed by atoms with Gasteiger partial charge in [0.25, 0.3) is 10.0 Å². The fourth-order valence-electron chi connectivity index (χ4n) is 4.47. The van der Waals surface area contributed by atoms with Crippen molar-refractivity contribution in [3.63, 3.8) is 0 Å². The molecule has 0 unspecified atom stereocenters. The highest BCUT2D eigenvalue weighted by molar-refractivity contribution is 7.90. The van der Waals surface area contributed by atoms with Gasteiger partial charge in [-0.3, -0.25) is 0 Å². The summed E-state index contributed by atoms with van der Waals surface area (Å²) in [7, 11) is -4.00. The molecule has 3 N–H and O–H groups in total. The molecule has 1 aromatic carbocycles. The maximum atomic E-state index is 14.7. The molecule has 0 bridgehead atoms. The molecule has 0 amide bonds. The predicted molar refractivity (Wildman–Crippen MR) is 134 cm³/mol. The smallest absolute Gasteiger partial charge is 0.269 e. The van der Waals surface area contributed by atoms with Crippen LogP contribution in [0.3, 0.4) is 0 Å². The van der Waals surface area contributed by atoms with Crippen LogP contribution in [0.4, 0.5) is 10.2 Å². The minimum absolute atomic E-state index is 0.000804. The molecule has 0 aliphatic heterocycles. The van der Waals surface area contributed by atoms with Gasteiger partial charge in [0.1, 0.15) is 0 Å². The van der Waals surface area contributed by atoms with Gasteiger partial charge >= 0.3 is 0 Å². The topological polar surface area (TPSA) is 122 Å². The second-order valence-electron chi connectivity index (χ2n) is 8.91. The van der Waals surface area contributed by atoms with Crippen LogP contribution in [-0.2, 0) is 10.0 Å². The number of benzene rings is 1. The summed E-state index contributed by atoms with van der Waals surface area (Å²) in [5.74, 6) is -0.510. The predicted octanol–water partition coefficient (Wildman–Crippen LogP) is 4.53. The van der Waals surface area contributed by atoms with Crippen molar-refractivity contribution >= 4 is 38.5 Å². The molecule has 36 heavy (non-hydrogen) atoms. The number of aromatic nitrogens is 4. The largest absolute Gasteiger partial charge is 0.365 e. The summed E-state index contributed by atoms with van der Waals surface area (Å²) in [6.45, 7) is 1.87. The molecule has 2 atom stereocenters. The summed E-state index contributed by atoms with van der Waals surface area (Å²) in [6, 6.07) is 7.89. The van der Waals surface area contributed by atoms with Crippen LogP contribution in [0.5, 0.6) is 0 Å². The van der Waals surface area contributed by atoms with Gasteiger partial charge in [-0.1, -0.05) is 29.3 Å². The quantitative estimate of drug-likeness (QED) is 0.311. The third-order valence-electron chi connectivity index (χ3n) is 6.34. The maximum Gasteiger partial charge on any atom is 0.269 e. The van der Waals surface area contributed by atoms with Gasteiger partial charge in [-0.25, -0.2) is 37.2 Å². The van der Waals surface area contributed by atoms with E-state index in [1.807, 2.05) is 6.92 Å². The first kappa shape index (κ1) is 24.6. The zero-order valence-corrected chi connectivity index (χ0v) is 20.9. The van der Waals surface area contributed by atoms with Crippen molar-refractivity contribution in [2.24, 2.45) is 0 Å². The Bertz CT molecular complexity index is 1530. The lowest BCUT2D eigenvalue weighted by molar-refractivity contribution is 0.104. The monoisotopic (exact) mass is 530 g/mol. The highest BCUT2D eigenvalue weighted by atomic mass is 35.5. The van der Waals surface area contributed by atoms with E-state index in [2.05, 4.69) is 25.7 Å². The second kappa shape index (κ2) is 9.74. The minimum atomic E-state index is -4.00. The molecular formula is C24H24ClFN6O3S. The van der Waals surface area contributed by atoms with E-state index >= 15 is 0 Å². The van der Waals surface area contributed by atoms with Gasteiger partial charge < -0.3 is 10.5 Å². The van der Waals surface area contributed by atoms with E-state index in [0.717, 1.165) is 35.0 Å². The van der Waals surface area contributed by atoms with Crippen molar-refractivity contribution in [1.29, 1.82) is 0 Å². The number of fused-ring (bicyclic) bond motifs is 1. The van der Waals surface area contributed by atoms with E-state index in [1.165, 1.54) is 24.5 Å². The lowest BCUT2D eigenvalue weighted by Crippen LogP contribution is -2.37. The maximum absolute atomic E-state index is 14.7. The van der Waals surface area contributed by atoms with Crippen LogP contribution in [0.1, 0.15) is 31.2 Å². The van der Waals surface area contributed by atoms with Gasteiger partial charge in [0.15, 0.2) is 23.1 Å². The van der Waals surface area contributed by atoms with Crippen LogP contribution in [-0.4, -0.2) is 44.6 Å². The first-order valence-electron chi connectivity index (χ1n) is 11.4. The van der Waals surface area contributed by atoms with Crippen LogP contribution in [0.25, 0.3) is 22.4 Å². The second-order valence-corrected chi connectivity index (χ2v) is 11.2. The van der Waals surface area contributed by atoms with Crippen LogP contribution in [0, 0.1) is 12.7 Å². The van der Waals surface area contributed by atoms with Crippen molar-refractivity contribution in [2.45, 2.75) is 49.6 Å². The average Bonchev–Trinajstić information content (AvgIpc) is 3.25. The molecule has 1 aliphatic carbocycles. The van der Waals surface area contributed by atoms with Gasteiger partial charge in [-0.2, -0.15) is 0 Å². The highest BCUT2D eigenvalue weighted by Crippen LogP contribution is 2.33. The Labute approximate surface area is 212 Å². The Morgan fingerprint density at radius 3 is 2.64 bits per heavy atom. The number of anilines is 1. The summed E-state index contributed by atoms with van der Waals surface area (Å²) in [5, 5.41) is 13.1. The number of hydrogen-bond acceptors (Lipinski definition) is 8. The fraction of sp³-hybridized carbons (Fsp3) is 0.292. The number of hydroxylamine groups is 1. The van der Waals surface area contributed by atoms with Gasteiger partial charge in [0.05, 0.1) is 16.1 Å². The van der Waals surface area contributed by atoms with Gasteiger partial charge in [-0.15, -0.1) is 0 Å².